The van der Waals surface area contributed by atoms with Gasteiger partial charge in [0, 0.05) is 19.6 Å². The maximum atomic E-state index is 12.4. The number of urea groups is 1. The molecule has 2 saturated heterocycles. The summed E-state index contributed by atoms with van der Waals surface area (Å²) in [5, 5.41) is 9.02. The number of rotatable bonds is 2. The zero-order chi connectivity index (χ0) is 14.0. The van der Waals surface area contributed by atoms with Crippen LogP contribution in [0.5, 0.6) is 0 Å². The quantitative estimate of drug-likeness (QED) is 0.727. The minimum Gasteiger partial charge on any atom is -0.481 e. The highest BCUT2D eigenvalue weighted by atomic mass is 16.4. The number of hydrogen-bond donors (Lipinski definition) is 2. The third kappa shape index (κ3) is 2.80. The Morgan fingerprint density at radius 1 is 1.11 bits per heavy atom. The Morgan fingerprint density at radius 3 is 2.42 bits per heavy atom. The number of nitrogens with zero attached hydrogens (tertiary/aromatic N) is 2. The summed E-state index contributed by atoms with van der Waals surface area (Å²) in [6, 6.07) is -1.09. The van der Waals surface area contributed by atoms with Gasteiger partial charge in [-0.2, -0.15) is 0 Å². The standard InChI is InChI=1S/C12H19N3O4/c13-12(19)15-6-2-4-9(15)10(16)14-5-1-3-8(7-14)11(17)18/h8-9H,1-7H2,(H2,13,19)(H,17,18)/t8?,9-/m0/s1. The van der Waals surface area contributed by atoms with E-state index in [1.807, 2.05) is 0 Å². The summed E-state index contributed by atoms with van der Waals surface area (Å²) in [5.74, 6) is -1.53. The van der Waals surface area contributed by atoms with Gasteiger partial charge in [0.15, 0.2) is 0 Å². The summed E-state index contributed by atoms with van der Waals surface area (Å²) in [6.45, 7) is 1.30. The lowest BCUT2D eigenvalue weighted by Gasteiger charge is -2.34. The highest BCUT2D eigenvalue weighted by Crippen LogP contribution is 2.23. The molecular formula is C12H19N3O4. The number of carboxylic acids is 1. The fourth-order valence-corrected chi connectivity index (χ4v) is 2.88. The molecule has 0 aromatic heterocycles. The van der Waals surface area contributed by atoms with Crippen molar-refractivity contribution in [3.8, 4) is 0 Å². The van der Waals surface area contributed by atoms with E-state index in [0.717, 1.165) is 6.42 Å². The van der Waals surface area contributed by atoms with Crippen molar-refractivity contribution in [1.29, 1.82) is 0 Å². The van der Waals surface area contributed by atoms with Gasteiger partial charge in [-0.05, 0) is 25.7 Å². The number of aliphatic carboxylic acids is 1. The first-order valence-electron chi connectivity index (χ1n) is 6.58. The van der Waals surface area contributed by atoms with Crippen molar-refractivity contribution in [2.24, 2.45) is 11.7 Å². The lowest BCUT2D eigenvalue weighted by molar-refractivity contribution is -0.146. The number of carbonyl (C=O) groups is 3. The van der Waals surface area contributed by atoms with Crippen LogP contribution < -0.4 is 5.73 Å². The number of carboxylic acid groups (broad SMARTS) is 1. The van der Waals surface area contributed by atoms with E-state index in [1.165, 1.54) is 4.90 Å². The van der Waals surface area contributed by atoms with Crippen LogP contribution in [0.3, 0.4) is 0 Å². The number of carbonyl (C=O) groups excluding carboxylic acids is 2. The molecule has 2 rings (SSSR count). The molecule has 0 aromatic rings. The minimum atomic E-state index is -0.865. The van der Waals surface area contributed by atoms with Crippen LogP contribution >= 0.6 is 0 Å². The van der Waals surface area contributed by atoms with Gasteiger partial charge in [-0.1, -0.05) is 0 Å². The van der Waals surface area contributed by atoms with Crippen molar-refractivity contribution in [3.05, 3.63) is 0 Å². The maximum absolute atomic E-state index is 12.4. The lowest BCUT2D eigenvalue weighted by atomic mass is 9.97. The number of likely N-dealkylation sites (tertiary alicyclic amines) is 2. The van der Waals surface area contributed by atoms with Gasteiger partial charge in [0.2, 0.25) is 5.91 Å². The highest BCUT2D eigenvalue weighted by Gasteiger charge is 2.38. The molecule has 0 bridgehead atoms. The molecule has 7 nitrogen and oxygen atoms in total. The Labute approximate surface area is 111 Å². The van der Waals surface area contributed by atoms with Crippen LogP contribution in [0.2, 0.25) is 0 Å². The van der Waals surface area contributed by atoms with Crippen LogP contribution in [0.15, 0.2) is 0 Å². The van der Waals surface area contributed by atoms with Gasteiger partial charge < -0.3 is 20.6 Å². The third-order valence-corrected chi connectivity index (χ3v) is 3.90. The van der Waals surface area contributed by atoms with Crippen molar-refractivity contribution in [3.63, 3.8) is 0 Å². The van der Waals surface area contributed by atoms with Crippen LogP contribution in [0.4, 0.5) is 4.79 Å². The van der Waals surface area contributed by atoms with E-state index in [-0.39, 0.29) is 12.5 Å². The Bertz CT molecular complexity index is 398. The van der Waals surface area contributed by atoms with Gasteiger partial charge in [0.1, 0.15) is 6.04 Å². The molecule has 2 heterocycles. The van der Waals surface area contributed by atoms with Crippen molar-refractivity contribution >= 4 is 17.9 Å². The SMILES string of the molecule is NC(=O)N1CCC[C@H]1C(=O)N1CCCC(C(=O)O)C1. The molecule has 0 aromatic carbocycles. The Kier molecular flexibility index (Phi) is 3.92. The normalized spacial score (nSPS) is 27.4. The molecule has 3 N–H and O–H groups in total. The molecule has 0 saturated carbocycles. The molecule has 2 atom stereocenters. The van der Waals surface area contributed by atoms with E-state index < -0.39 is 24.0 Å². The summed E-state index contributed by atoms with van der Waals surface area (Å²) in [6.07, 6.45) is 2.65. The fourth-order valence-electron chi connectivity index (χ4n) is 2.88. The van der Waals surface area contributed by atoms with Crippen LogP contribution in [0.1, 0.15) is 25.7 Å². The van der Waals surface area contributed by atoms with Crippen molar-refractivity contribution < 1.29 is 19.5 Å². The Morgan fingerprint density at radius 2 is 1.79 bits per heavy atom. The van der Waals surface area contributed by atoms with Crippen LogP contribution in [-0.2, 0) is 9.59 Å². The second-order valence-electron chi connectivity index (χ2n) is 5.15. The predicted octanol–water partition coefficient (Wildman–Crippen LogP) is -0.147. The average molecular weight is 269 g/mol. The van der Waals surface area contributed by atoms with Crippen LogP contribution in [0, 0.1) is 5.92 Å². The molecule has 2 aliphatic heterocycles. The van der Waals surface area contributed by atoms with Gasteiger partial charge in [0.05, 0.1) is 5.92 Å². The molecule has 0 aliphatic carbocycles. The van der Waals surface area contributed by atoms with Gasteiger partial charge in [-0.3, -0.25) is 9.59 Å². The molecule has 0 spiro atoms. The van der Waals surface area contributed by atoms with E-state index in [9.17, 15) is 14.4 Å². The van der Waals surface area contributed by atoms with Crippen molar-refractivity contribution in [2.75, 3.05) is 19.6 Å². The molecule has 19 heavy (non-hydrogen) atoms. The first-order valence-corrected chi connectivity index (χ1v) is 6.58. The van der Waals surface area contributed by atoms with E-state index in [4.69, 9.17) is 10.8 Å². The average Bonchev–Trinajstić information content (AvgIpc) is 2.87. The monoisotopic (exact) mass is 269 g/mol. The first kappa shape index (κ1) is 13.6. The number of amides is 3. The second-order valence-corrected chi connectivity index (χ2v) is 5.15. The minimum absolute atomic E-state index is 0.165. The number of nitrogens with two attached hydrogens (primary N) is 1. The molecule has 3 amide bonds. The predicted molar refractivity (Wildman–Crippen MR) is 66.3 cm³/mol. The second kappa shape index (κ2) is 5.46. The van der Waals surface area contributed by atoms with Crippen LogP contribution in [-0.4, -0.2) is 58.5 Å². The maximum Gasteiger partial charge on any atom is 0.315 e. The molecule has 2 fully saturated rings. The summed E-state index contributed by atoms with van der Waals surface area (Å²) < 4.78 is 0. The summed E-state index contributed by atoms with van der Waals surface area (Å²) in [7, 11) is 0. The van der Waals surface area contributed by atoms with Crippen molar-refractivity contribution in [2.45, 2.75) is 31.7 Å². The molecule has 1 unspecified atom stereocenters. The van der Waals surface area contributed by atoms with E-state index >= 15 is 0 Å². The zero-order valence-corrected chi connectivity index (χ0v) is 10.7. The van der Waals surface area contributed by atoms with Gasteiger partial charge in [-0.15, -0.1) is 0 Å². The third-order valence-electron chi connectivity index (χ3n) is 3.90. The highest BCUT2D eigenvalue weighted by molar-refractivity contribution is 5.87. The van der Waals surface area contributed by atoms with Crippen molar-refractivity contribution in [1.82, 2.24) is 9.80 Å². The molecule has 106 valence electrons. The van der Waals surface area contributed by atoms with E-state index in [1.54, 1.807) is 4.90 Å². The van der Waals surface area contributed by atoms with Gasteiger partial charge in [-0.25, -0.2) is 4.79 Å². The van der Waals surface area contributed by atoms with Gasteiger partial charge in [0.25, 0.3) is 0 Å². The van der Waals surface area contributed by atoms with E-state index in [0.29, 0.717) is 32.4 Å². The molecule has 7 heteroatoms. The number of hydrogen-bond acceptors (Lipinski definition) is 3. The fraction of sp³-hybridized carbons (Fsp3) is 0.750. The van der Waals surface area contributed by atoms with Gasteiger partial charge >= 0.3 is 12.0 Å². The molecule has 2 aliphatic rings. The Balaban J connectivity index is 2.02. The number of piperidine rings is 1. The first-order chi connectivity index (χ1) is 9.00. The summed E-state index contributed by atoms with van der Waals surface area (Å²) >= 11 is 0. The smallest absolute Gasteiger partial charge is 0.315 e. The number of primary amides is 1. The summed E-state index contributed by atoms with van der Waals surface area (Å²) in [5.41, 5.74) is 5.25. The largest absolute Gasteiger partial charge is 0.481 e. The topological polar surface area (TPSA) is 104 Å². The van der Waals surface area contributed by atoms with E-state index in [2.05, 4.69) is 0 Å². The molecule has 0 radical (unpaired) electrons. The Hall–Kier alpha value is -1.79. The lowest BCUT2D eigenvalue weighted by Crippen LogP contribution is -2.52. The van der Waals surface area contributed by atoms with Crippen LogP contribution in [0.25, 0.3) is 0 Å². The zero-order valence-electron chi connectivity index (χ0n) is 10.7. The molecular weight excluding hydrogens is 250 g/mol. The summed E-state index contributed by atoms with van der Waals surface area (Å²) in [4.78, 5) is 37.6.